The van der Waals surface area contributed by atoms with Crippen molar-refractivity contribution in [2.45, 2.75) is 51.6 Å². The van der Waals surface area contributed by atoms with E-state index in [1.54, 1.807) is 4.90 Å². The highest BCUT2D eigenvalue weighted by Crippen LogP contribution is 2.26. The minimum absolute atomic E-state index is 0.0750. The SMILES string of the molecule is CC(C)N1C(=O)CC[C@H]1C(=O)N1CCCC(COc2ccccc2)C1. The number of carbonyl (C=O) groups excluding carboxylic acids is 2. The minimum Gasteiger partial charge on any atom is -0.493 e. The molecule has 2 amide bonds. The number of piperidine rings is 1. The second-order valence-electron chi connectivity index (χ2n) is 7.37. The van der Waals surface area contributed by atoms with Gasteiger partial charge in [0, 0.05) is 31.5 Å². The molecule has 1 aromatic carbocycles. The van der Waals surface area contributed by atoms with Gasteiger partial charge in [0.25, 0.3) is 0 Å². The monoisotopic (exact) mass is 344 g/mol. The molecule has 1 aromatic rings. The molecule has 0 aliphatic carbocycles. The Bertz CT molecular complexity index is 602. The van der Waals surface area contributed by atoms with E-state index in [1.165, 1.54) is 0 Å². The van der Waals surface area contributed by atoms with Gasteiger partial charge in [-0.25, -0.2) is 0 Å². The van der Waals surface area contributed by atoms with Gasteiger partial charge in [0.2, 0.25) is 11.8 Å². The molecule has 0 aromatic heterocycles. The van der Waals surface area contributed by atoms with Crippen LogP contribution in [-0.2, 0) is 9.59 Å². The summed E-state index contributed by atoms with van der Waals surface area (Å²) in [4.78, 5) is 28.8. The maximum atomic E-state index is 13.0. The quantitative estimate of drug-likeness (QED) is 0.825. The standard InChI is InChI=1S/C20H28N2O3/c1-15(2)22-18(10-11-19(22)23)20(24)21-12-6-7-16(13-21)14-25-17-8-4-3-5-9-17/h3-5,8-9,15-16,18H,6-7,10-14H2,1-2H3/t16?,18-/m0/s1. The van der Waals surface area contributed by atoms with Crippen molar-refractivity contribution in [3.63, 3.8) is 0 Å². The van der Waals surface area contributed by atoms with Crippen LogP contribution in [0, 0.1) is 5.92 Å². The first-order valence-corrected chi connectivity index (χ1v) is 9.34. The van der Waals surface area contributed by atoms with Crippen LogP contribution in [0.4, 0.5) is 0 Å². The summed E-state index contributed by atoms with van der Waals surface area (Å²) in [7, 11) is 0. The van der Waals surface area contributed by atoms with Crippen molar-refractivity contribution < 1.29 is 14.3 Å². The fourth-order valence-electron chi connectivity index (χ4n) is 3.94. The summed E-state index contributed by atoms with van der Waals surface area (Å²) >= 11 is 0. The second-order valence-corrected chi connectivity index (χ2v) is 7.37. The number of nitrogens with zero attached hydrogens (tertiary/aromatic N) is 2. The normalized spacial score (nSPS) is 24.0. The molecule has 0 bridgehead atoms. The minimum atomic E-state index is -0.277. The smallest absolute Gasteiger partial charge is 0.245 e. The first-order valence-electron chi connectivity index (χ1n) is 9.34. The lowest BCUT2D eigenvalue weighted by molar-refractivity contribution is -0.144. The van der Waals surface area contributed by atoms with E-state index in [4.69, 9.17) is 4.74 Å². The van der Waals surface area contributed by atoms with Crippen LogP contribution in [0.5, 0.6) is 5.75 Å². The zero-order valence-corrected chi connectivity index (χ0v) is 15.2. The number of benzene rings is 1. The van der Waals surface area contributed by atoms with Crippen LogP contribution >= 0.6 is 0 Å². The fraction of sp³-hybridized carbons (Fsp3) is 0.600. The molecule has 1 unspecified atom stereocenters. The lowest BCUT2D eigenvalue weighted by Crippen LogP contribution is -2.52. The van der Waals surface area contributed by atoms with Gasteiger partial charge in [-0.2, -0.15) is 0 Å². The van der Waals surface area contributed by atoms with Gasteiger partial charge >= 0.3 is 0 Å². The lowest BCUT2D eigenvalue weighted by atomic mass is 9.98. The van der Waals surface area contributed by atoms with E-state index in [9.17, 15) is 9.59 Å². The predicted molar refractivity (Wildman–Crippen MR) is 96.2 cm³/mol. The van der Waals surface area contributed by atoms with E-state index >= 15 is 0 Å². The Labute approximate surface area is 149 Å². The zero-order valence-electron chi connectivity index (χ0n) is 15.2. The summed E-state index contributed by atoms with van der Waals surface area (Å²) in [5, 5.41) is 0. The average molecular weight is 344 g/mol. The Morgan fingerprint density at radius 2 is 2.00 bits per heavy atom. The number of ether oxygens (including phenoxy) is 1. The molecule has 2 saturated heterocycles. The topological polar surface area (TPSA) is 49.9 Å². The number of para-hydroxylation sites is 1. The van der Waals surface area contributed by atoms with Gasteiger partial charge in [0.1, 0.15) is 11.8 Å². The maximum absolute atomic E-state index is 13.0. The van der Waals surface area contributed by atoms with Gasteiger partial charge in [-0.05, 0) is 45.2 Å². The Morgan fingerprint density at radius 3 is 2.72 bits per heavy atom. The van der Waals surface area contributed by atoms with Gasteiger partial charge in [-0.15, -0.1) is 0 Å². The van der Waals surface area contributed by atoms with Gasteiger partial charge in [0.05, 0.1) is 6.61 Å². The highest BCUT2D eigenvalue weighted by molar-refractivity contribution is 5.91. The van der Waals surface area contributed by atoms with Crippen molar-refractivity contribution in [1.82, 2.24) is 9.80 Å². The van der Waals surface area contributed by atoms with E-state index in [-0.39, 0.29) is 23.9 Å². The number of carbonyl (C=O) groups is 2. The molecule has 136 valence electrons. The summed E-state index contributed by atoms with van der Waals surface area (Å²) in [6.07, 6.45) is 3.21. The largest absolute Gasteiger partial charge is 0.493 e. The molecule has 2 aliphatic heterocycles. The summed E-state index contributed by atoms with van der Waals surface area (Å²) in [6, 6.07) is 9.60. The molecule has 0 radical (unpaired) electrons. The molecule has 0 N–H and O–H groups in total. The van der Waals surface area contributed by atoms with Crippen molar-refractivity contribution in [3.05, 3.63) is 30.3 Å². The molecule has 5 nitrogen and oxygen atoms in total. The third kappa shape index (κ3) is 4.14. The number of likely N-dealkylation sites (tertiary alicyclic amines) is 2. The van der Waals surface area contributed by atoms with Crippen LogP contribution in [0.2, 0.25) is 0 Å². The van der Waals surface area contributed by atoms with E-state index in [0.29, 0.717) is 25.4 Å². The molecule has 25 heavy (non-hydrogen) atoms. The molecule has 3 rings (SSSR count). The molecular weight excluding hydrogens is 316 g/mol. The van der Waals surface area contributed by atoms with Crippen molar-refractivity contribution in [3.8, 4) is 5.75 Å². The fourth-order valence-corrected chi connectivity index (χ4v) is 3.94. The zero-order chi connectivity index (χ0) is 17.8. The summed E-state index contributed by atoms with van der Waals surface area (Å²) in [5.41, 5.74) is 0. The average Bonchev–Trinajstić information content (AvgIpc) is 3.02. The highest BCUT2D eigenvalue weighted by Gasteiger charge is 2.40. The van der Waals surface area contributed by atoms with Crippen LogP contribution in [0.15, 0.2) is 30.3 Å². The molecule has 0 saturated carbocycles. The van der Waals surface area contributed by atoms with Crippen molar-refractivity contribution in [2.24, 2.45) is 5.92 Å². The molecular formula is C20H28N2O3. The molecule has 2 fully saturated rings. The number of hydrogen-bond acceptors (Lipinski definition) is 3. The summed E-state index contributed by atoms with van der Waals surface area (Å²) < 4.78 is 5.87. The number of hydrogen-bond donors (Lipinski definition) is 0. The van der Waals surface area contributed by atoms with Crippen LogP contribution in [0.1, 0.15) is 39.5 Å². The molecule has 2 heterocycles. The van der Waals surface area contributed by atoms with E-state index in [0.717, 1.165) is 31.7 Å². The van der Waals surface area contributed by atoms with Crippen LogP contribution in [0.25, 0.3) is 0 Å². The molecule has 0 spiro atoms. The van der Waals surface area contributed by atoms with Gasteiger partial charge in [-0.1, -0.05) is 18.2 Å². The summed E-state index contributed by atoms with van der Waals surface area (Å²) in [6.45, 7) is 6.11. The van der Waals surface area contributed by atoms with E-state index in [2.05, 4.69) is 0 Å². The Morgan fingerprint density at radius 1 is 1.24 bits per heavy atom. The van der Waals surface area contributed by atoms with Crippen molar-refractivity contribution in [1.29, 1.82) is 0 Å². The Balaban J connectivity index is 1.57. The lowest BCUT2D eigenvalue weighted by Gasteiger charge is -2.37. The summed E-state index contributed by atoms with van der Waals surface area (Å²) in [5.74, 6) is 1.44. The van der Waals surface area contributed by atoms with Gasteiger partial charge in [0.15, 0.2) is 0 Å². The third-order valence-corrected chi connectivity index (χ3v) is 5.16. The van der Waals surface area contributed by atoms with Gasteiger partial charge in [-0.3, -0.25) is 9.59 Å². The first-order chi connectivity index (χ1) is 12.1. The molecule has 5 heteroatoms. The molecule has 2 atom stereocenters. The van der Waals surface area contributed by atoms with E-state index < -0.39 is 0 Å². The van der Waals surface area contributed by atoms with Crippen molar-refractivity contribution in [2.75, 3.05) is 19.7 Å². The van der Waals surface area contributed by atoms with Crippen LogP contribution < -0.4 is 4.74 Å². The first kappa shape index (κ1) is 17.8. The van der Waals surface area contributed by atoms with E-state index in [1.807, 2.05) is 49.1 Å². The van der Waals surface area contributed by atoms with Crippen molar-refractivity contribution >= 4 is 11.8 Å². The Hall–Kier alpha value is -2.04. The maximum Gasteiger partial charge on any atom is 0.245 e. The Kier molecular flexibility index (Phi) is 5.61. The molecule has 2 aliphatic rings. The number of amides is 2. The van der Waals surface area contributed by atoms with Crippen LogP contribution in [-0.4, -0.2) is 53.4 Å². The van der Waals surface area contributed by atoms with Gasteiger partial charge < -0.3 is 14.5 Å². The number of rotatable bonds is 5. The predicted octanol–water partition coefficient (Wildman–Crippen LogP) is 2.70. The second kappa shape index (κ2) is 7.89. The van der Waals surface area contributed by atoms with Crippen LogP contribution in [0.3, 0.4) is 0 Å². The third-order valence-electron chi connectivity index (χ3n) is 5.16. The highest BCUT2D eigenvalue weighted by atomic mass is 16.5.